The molecule has 11 heteroatoms. The van der Waals surface area contributed by atoms with E-state index in [0.717, 1.165) is 11.6 Å². The molecule has 7 nitrogen and oxygen atoms in total. The highest BCUT2D eigenvalue weighted by Crippen LogP contribution is 2.29. The third-order valence-electron chi connectivity index (χ3n) is 4.09. The molecular formula is C18H16F3N7S. The highest BCUT2D eigenvalue weighted by atomic mass is 32.1. The number of rotatable bonds is 6. The Morgan fingerprint density at radius 1 is 1.03 bits per heavy atom. The average Bonchev–Trinajstić information content (AvgIpc) is 3.38. The standard InChI is InChI=1S/C18H16F3N7S/c1-12-9-14(18(19,20)21)25-28(12)11-16-23-24-17(29-16)22-15-7-8-27(26-15)10-13-5-3-2-4-6-13/h2-9H,10-11H2,1H3,(H,22,24,26). The molecule has 3 aromatic heterocycles. The molecule has 0 aliphatic heterocycles. The van der Waals surface area contributed by atoms with Crippen LogP contribution in [-0.2, 0) is 19.3 Å². The topological polar surface area (TPSA) is 73.5 Å². The van der Waals surface area contributed by atoms with Gasteiger partial charge in [-0.15, -0.1) is 10.2 Å². The van der Waals surface area contributed by atoms with Crippen molar-refractivity contribution >= 4 is 22.3 Å². The quantitative estimate of drug-likeness (QED) is 0.509. The SMILES string of the molecule is Cc1cc(C(F)(F)F)nn1Cc1nnc(Nc2ccn(Cc3ccccc3)n2)s1. The van der Waals surface area contributed by atoms with Crippen LogP contribution in [0.25, 0.3) is 0 Å². The molecule has 0 radical (unpaired) electrons. The van der Waals surface area contributed by atoms with Gasteiger partial charge in [0, 0.05) is 18.0 Å². The number of aromatic nitrogens is 6. The van der Waals surface area contributed by atoms with Crippen molar-refractivity contribution in [2.75, 3.05) is 5.32 Å². The molecule has 0 aliphatic carbocycles. The van der Waals surface area contributed by atoms with E-state index in [9.17, 15) is 13.2 Å². The van der Waals surface area contributed by atoms with Crippen molar-refractivity contribution in [2.45, 2.75) is 26.2 Å². The summed E-state index contributed by atoms with van der Waals surface area (Å²) < 4.78 is 41.4. The molecule has 0 bridgehead atoms. The van der Waals surface area contributed by atoms with Crippen LogP contribution in [0.4, 0.5) is 24.1 Å². The van der Waals surface area contributed by atoms with Crippen molar-refractivity contribution in [1.82, 2.24) is 29.8 Å². The maximum Gasteiger partial charge on any atom is 0.435 e. The second-order valence-corrected chi connectivity index (χ2v) is 7.40. The van der Waals surface area contributed by atoms with Gasteiger partial charge in [0.25, 0.3) is 0 Å². The smallest absolute Gasteiger partial charge is 0.313 e. The largest absolute Gasteiger partial charge is 0.435 e. The number of anilines is 2. The molecule has 0 spiro atoms. The molecule has 0 aliphatic rings. The first-order valence-corrected chi connectivity index (χ1v) is 9.47. The number of alkyl halides is 3. The van der Waals surface area contributed by atoms with Gasteiger partial charge < -0.3 is 5.32 Å². The number of nitrogens with zero attached hydrogens (tertiary/aromatic N) is 6. The lowest BCUT2D eigenvalue weighted by Crippen LogP contribution is -2.09. The Balaban J connectivity index is 1.41. The monoisotopic (exact) mass is 419 g/mol. The van der Waals surface area contributed by atoms with Gasteiger partial charge in [-0.2, -0.15) is 23.4 Å². The van der Waals surface area contributed by atoms with Gasteiger partial charge in [0.15, 0.2) is 11.5 Å². The number of halogens is 3. The summed E-state index contributed by atoms with van der Waals surface area (Å²) in [5, 5.41) is 20.2. The molecule has 29 heavy (non-hydrogen) atoms. The molecule has 0 amide bonds. The zero-order valence-electron chi connectivity index (χ0n) is 15.3. The van der Waals surface area contributed by atoms with Crippen molar-refractivity contribution in [3.05, 3.63) is 70.6 Å². The number of aryl methyl sites for hydroxylation is 1. The summed E-state index contributed by atoms with van der Waals surface area (Å²) in [7, 11) is 0. The predicted octanol–water partition coefficient (Wildman–Crippen LogP) is 4.10. The molecule has 1 N–H and O–H groups in total. The van der Waals surface area contributed by atoms with Crippen LogP contribution in [0.15, 0.2) is 48.7 Å². The fourth-order valence-corrected chi connectivity index (χ4v) is 3.43. The maximum atomic E-state index is 12.8. The molecule has 4 rings (SSSR count). The summed E-state index contributed by atoms with van der Waals surface area (Å²) in [6.45, 7) is 2.33. The van der Waals surface area contributed by atoms with Gasteiger partial charge >= 0.3 is 6.18 Å². The Morgan fingerprint density at radius 3 is 2.55 bits per heavy atom. The van der Waals surface area contributed by atoms with Crippen molar-refractivity contribution in [2.24, 2.45) is 0 Å². The van der Waals surface area contributed by atoms with Crippen molar-refractivity contribution in [1.29, 1.82) is 0 Å². The van der Waals surface area contributed by atoms with E-state index in [2.05, 4.69) is 25.7 Å². The van der Waals surface area contributed by atoms with E-state index < -0.39 is 11.9 Å². The summed E-state index contributed by atoms with van der Waals surface area (Å²) >= 11 is 1.24. The van der Waals surface area contributed by atoms with Crippen LogP contribution >= 0.6 is 11.3 Å². The van der Waals surface area contributed by atoms with Gasteiger partial charge in [-0.3, -0.25) is 9.36 Å². The van der Waals surface area contributed by atoms with Crippen molar-refractivity contribution < 1.29 is 13.2 Å². The van der Waals surface area contributed by atoms with Gasteiger partial charge in [0.2, 0.25) is 5.13 Å². The lowest BCUT2D eigenvalue weighted by Gasteiger charge is -2.02. The molecule has 150 valence electrons. The number of nitrogens with one attached hydrogen (secondary N) is 1. The number of benzene rings is 1. The second kappa shape index (κ2) is 7.66. The predicted molar refractivity (Wildman–Crippen MR) is 102 cm³/mol. The summed E-state index contributed by atoms with van der Waals surface area (Å²) in [4.78, 5) is 0. The first kappa shape index (κ1) is 19.1. The van der Waals surface area contributed by atoms with E-state index >= 15 is 0 Å². The minimum atomic E-state index is -4.47. The molecule has 0 saturated heterocycles. The van der Waals surface area contributed by atoms with Gasteiger partial charge in [-0.25, -0.2) is 0 Å². The molecular weight excluding hydrogens is 403 g/mol. The van der Waals surface area contributed by atoms with E-state index in [1.807, 2.05) is 42.6 Å². The van der Waals surface area contributed by atoms with E-state index in [-0.39, 0.29) is 6.54 Å². The van der Waals surface area contributed by atoms with Crippen LogP contribution in [0.3, 0.4) is 0 Å². The van der Waals surface area contributed by atoms with Crippen LogP contribution < -0.4 is 5.32 Å². The van der Waals surface area contributed by atoms with Crippen LogP contribution in [0.1, 0.15) is 22.0 Å². The second-order valence-electron chi connectivity index (χ2n) is 6.34. The summed E-state index contributed by atoms with van der Waals surface area (Å²) in [5.74, 6) is 0.609. The van der Waals surface area contributed by atoms with Gasteiger partial charge in [0.1, 0.15) is 5.01 Å². The number of hydrogen-bond acceptors (Lipinski definition) is 6. The zero-order valence-corrected chi connectivity index (χ0v) is 16.1. The third kappa shape index (κ3) is 4.62. The highest BCUT2D eigenvalue weighted by molar-refractivity contribution is 7.15. The minimum Gasteiger partial charge on any atom is -0.313 e. The maximum absolute atomic E-state index is 12.8. The summed E-state index contributed by atoms with van der Waals surface area (Å²) in [6, 6.07) is 12.8. The molecule has 0 saturated carbocycles. The molecule has 0 fully saturated rings. The van der Waals surface area contributed by atoms with Crippen molar-refractivity contribution in [3.63, 3.8) is 0 Å². The Bertz CT molecular complexity index is 1100. The van der Waals surface area contributed by atoms with E-state index in [1.54, 1.807) is 11.6 Å². The van der Waals surface area contributed by atoms with E-state index in [4.69, 9.17) is 0 Å². The fourth-order valence-electron chi connectivity index (χ4n) is 2.70. The van der Waals surface area contributed by atoms with Crippen LogP contribution in [0.2, 0.25) is 0 Å². The molecule has 4 aromatic rings. The van der Waals surface area contributed by atoms with Crippen LogP contribution in [0, 0.1) is 6.92 Å². The van der Waals surface area contributed by atoms with Crippen LogP contribution in [-0.4, -0.2) is 29.8 Å². The zero-order chi connectivity index (χ0) is 20.4. The molecule has 0 unspecified atom stereocenters. The fraction of sp³-hybridized carbons (Fsp3) is 0.222. The first-order chi connectivity index (χ1) is 13.9. The minimum absolute atomic E-state index is 0.115. The lowest BCUT2D eigenvalue weighted by atomic mass is 10.2. The Morgan fingerprint density at radius 2 is 1.83 bits per heavy atom. The van der Waals surface area contributed by atoms with Crippen molar-refractivity contribution in [3.8, 4) is 0 Å². The molecule has 0 atom stereocenters. The van der Waals surface area contributed by atoms with Gasteiger partial charge in [0.05, 0.1) is 13.1 Å². The summed E-state index contributed by atoms with van der Waals surface area (Å²) in [5.41, 5.74) is 0.622. The lowest BCUT2D eigenvalue weighted by molar-refractivity contribution is -0.141. The first-order valence-electron chi connectivity index (χ1n) is 8.65. The Hall–Kier alpha value is -3.21. The average molecular weight is 419 g/mol. The normalized spacial score (nSPS) is 11.7. The third-order valence-corrected chi connectivity index (χ3v) is 4.91. The Labute approximate surface area is 167 Å². The molecule has 1 aromatic carbocycles. The summed E-state index contributed by atoms with van der Waals surface area (Å²) in [6.07, 6.45) is -2.62. The Kier molecular flexibility index (Phi) is 5.05. The molecule has 3 heterocycles. The van der Waals surface area contributed by atoms with Gasteiger partial charge in [-0.1, -0.05) is 41.7 Å². The highest BCUT2D eigenvalue weighted by Gasteiger charge is 2.34. The van der Waals surface area contributed by atoms with Crippen LogP contribution in [0.5, 0.6) is 0 Å². The number of hydrogen-bond donors (Lipinski definition) is 1. The van der Waals surface area contributed by atoms with E-state index in [1.165, 1.54) is 16.0 Å². The van der Waals surface area contributed by atoms with E-state index in [0.29, 0.717) is 28.2 Å². The van der Waals surface area contributed by atoms with Gasteiger partial charge in [-0.05, 0) is 18.6 Å².